The lowest BCUT2D eigenvalue weighted by Gasteiger charge is -2.28. The van der Waals surface area contributed by atoms with E-state index in [-0.39, 0.29) is 24.0 Å². The van der Waals surface area contributed by atoms with Crippen LogP contribution in [0.2, 0.25) is 5.02 Å². The molecule has 2 atom stereocenters. The average molecular weight is 428 g/mol. The van der Waals surface area contributed by atoms with Crippen molar-refractivity contribution in [1.82, 2.24) is 4.90 Å². The van der Waals surface area contributed by atoms with Crippen LogP contribution in [0.4, 0.5) is 0 Å². The van der Waals surface area contributed by atoms with Crippen molar-refractivity contribution in [3.8, 4) is 5.75 Å². The minimum absolute atomic E-state index is 0.0322. The topological polar surface area (TPSA) is 76.1 Å². The summed E-state index contributed by atoms with van der Waals surface area (Å²) in [6.45, 7) is 0.906. The molecule has 30 heavy (non-hydrogen) atoms. The fraction of sp³-hybridized carbons (Fsp3) is 0.304. The van der Waals surface area contributed by atoms with Gasteiger partial charge in [0.1, 0.15) is 11.5 Å². The average Bonchev–Trinajstić information content (AvgIpc) is 3.36. The van der Waals surface area contributed by atoms with Crippen molar-refractivity contribution < 1.29 is 24.2 Å². The van der Waals surface area contributed by atoms with Gasteiger partial charge in [0, 0.05) is 29.3 Å². The van der Waals surface area contributed by atoms with Crippen LogP contribution in [0, 0.1) is 0 Å². The van der Waals surface area contributed by atoms with Gasteiger partial charge in [-0.25, -0.2) is 0 Å². The number of carbonyl (C=O) groups excluding carboxylic acids is 2. The summed E-state index contributed by atoms with van der Waals surface area (Å²) in [6, 6.07) is 12.9. The second kappa shape index (κ2) is 8.50. The number of carbonyl (C=O) groups is 2. The van der Waals surface area contributed by atoms with Gasteiger partial charge in [-0.15, -0.1) is 0 Å². The Morgan fingerprint density at radius 1 is 1.20 bits per heavy atom. The molecule has 1 N–H and O–H groups in total. The Morgan fingerprint density at radius 2 is 1.93 bits per heavy atom. The molecule has 156 valence electrons. The smallest absolute Gasteiger partial charge is 0.295 e. The highest BCUT2D eigenvalue weighted by Gasteiger charge is 2.47. The first-order chi connectivity index (χ1) is 14.5. The monoisotopic (exact) mass is 427 g/mol. The number of hydrogen-bond donors (Lipinski definition) is 1. The van der Waals surface area contributed by atoms with Gasteiger partial charge in [-0.1, -0.05) is 29.8 Å². The van der Waals surface area contributed by atoms with Crippen LogP contribution < -0.4 is 4.74 Å². The molecular formula is C23H22ClNO5. The van der Waals surface area contributed by atoms with Gasteiger partial charge < -0.3 is 19.5 Å². The van der Waals surface area contributed by atoms with E-state index in [0.29, 0.717) is 28.5 Å². The Morgan fingerprint density at radius 3 is 2.60 bits per heavy atom. The number of amides is 1. The summed E-state index contributed by atoms with van der Waals surface area (Å²) >= 11 is 5.95. The van der Waals surface area contributed by atoms with E-state index >= 15 is 0 Å². The second-order valence-electron chi connectivity index (χ2n) is 7.34. The molecule has 0 aromatic heterocycles. The Hall–Kier alpha value is -2.83. The van der Waals surface area contributed by atoms with Crippen molar-refractivity contribution in [1.29, 1.82) is 0 Å². The third-order valence-corrected chi connectivity index (χ3v) is 5.77. The minimum Gasteiger partial charge on any atom is -0.507 e. The number of likely N-dealkylation sites (tertiary alicyclic amines) is 1. The molecule has 2 aromatic carbocycles. The van der Waals surface area contributed by atoms with Gasteiger partial charge in [0.15, 0.2) is 0 Å². The third kappa shape index (κ3) is 3.68. The van der Waals surface area contributed by atoms with E-state index in [0.717, 1.165) is 12.8 Å². The number of para-hydroxylation sites is 1. The van der Waals surface area contributed by atoms with Gasteiger partial charge in [-0.2, -0.15) is 0 Å². The zero-order valence-electron chi connectivity index (χ0n) is 16.5. The molecule has 2 aliphatic heterocycles. The number of Topliss-reactive ketones (excluding diaryl/α,β-unsaturated/α-hetero) is 1. The lowest BCUT2D eigenvalue weighted by atomic mass is 9.94. The predicted molar refractivity (Wildman–Crippen MR) is 112 cm³/mol. The molecule has 1 amide bonds. The van der Waals surface area contributed by atoms with E-state index in [1.54, 1.807) is 36.4 Å². The molecule has 6 nitrogen and oxygen atoms in total. The highest BCUT2D eigenvalue weighted by atomic mass is 35.5. The molecule has 2 aromatic rings. The molecule has 0 unspecified atom stereocenters. The van der Waals surface area contributed by atoms with Crippen LogP contribution in [0.1, 0.15) is 30.0 Å². The Kier molecular flexibility index (Phi) is 5.79. The van der Waals surface area contributed by atoms with E-state index in [1.807, 2.05) is 12.1 Å². The Labute approximate surface area is 179 Å². The quantitative estimate of drug-likeness (QED) is 0.444. The SMILES string of the molecule is COc1ccccc1[C@H]1/C(=C(\O)c2ccc(Cl)cc2)C(=O)C(=O)N1C[C@@H]1CCCO1. The van der Waals surface area contributed by atoms with E-state index in [4.69, 9.17) is 21.1 Å². The molecular weight excluding hydrogens is 406 g/mol. The molecule has 7 heteroatoms. The number of halogens is 1. The van der Waals surface area contributed by atoms with E-state index < -0.39 is 17.7 Å². The first kappa shape index (κ1) is 20.4. The van der Waals surface area contributed by atoms with Crippen LogP contribution >= 0.6 is 11.6 Å². The summed E-state index contributed by atoms with van der Waals surface area (Å²) in [5.74, 6) is -1.09. The first-order valence-electron chi connectivity index (χ1n) is 9.80. The maximum Gasteiger partial charge on any atom is 0.295 e. The van der Waals surface area contributed by atoms with Crippen molar-refractivity contribution in [2.24, 2.45) is 0 Å². The summed E-state index contributed by atoms with van der Waals surface area (Å²) in [5, 5.41) is 11.5. The maximum atomic E-state index is 13.0. The standard InChI is InChI=1S/C23H22ClNO5/c1-29-18-7-3-2-6-17(18)20-19(21(26)14-8-10-15(24)11-9-14)22(27)23(28)25(20)13-16-5-4-12-30-16/h2-3,6-11,16,20,26H,4-5,12-13H2,1H3/b21-19+/t16-,20-/m0/s1. The fourth-order valence-electron chi connectivity index (χ4n) is 4.05. The van der Waals surface area contributed by atoms with Crippen molar-refractivity contribution in [2.45, 2.75) is 25.0 Å². The normalized spacial score (nSPS) is 23.2. The zero-order valence-corrected chi connectivity index (χ0v) is 17.3. The third-order valence-electron chi connectivity index (χ3n) is 5.52. The van der Waals surface area contributed by atoms with Crippen LogP contribution in [0.5, 0.6) is 5.75 Å². The molecule has 0 radical (unpaired) electrons. The van der Waals surface area contributed by atoms with Gasteiger partial charge >= 0.3 is 0 Å². The number of methoxy groups -OCH3 is 1. The fourth-order valence-corrected chi connectivity index (χ4v) is 4.18. The molecule has 0 saturated carbocycles. The number of rotatable bonds is 5. The number of hydrogen-bond acceptors (Lipinski definition) is 5. The van der Waals surface area contributed by atoms with Gasteiger partial charge in [-0.05, 0) is 43.2 Å². The number of benzene rings is 2. The van der Waals surface area contributed by atoms with Gasteiger partial charge in [0.25, 0.3) is 11.7 Å². The van der Waals surface area contributed by atoms with Gasteiger partial charge in [0.05, 0.1) is 24.8 Å². The van der Waals surface area contributed by atoms with Crippen LogP contribution in [-0.2, 0) is 14.3 Å². The minimum atomic E-state index is -0.777. The van der Waals surface area contributed by atoms with E-state index in [2.05, 4.69) is 0 Å². The van der Waals surface area contributed by atoms with Crippen molar-refractivity contribution >= 4 is 29.1 Å². The largest absolute Gasteiger partial charge is 0.507 e. The van der Waals surface area contributed by atoms with E-state index in [9.17, 15) is 14.7 Å². The molecule has 0 aliphatic carbocycles. The molecule has 2 aliphatic rings. The lowest BCUT2D eigenvalue weighted by Crippen LogP contribution is -2.36. The summed E-state index contributed by atoms with van der Waals surface area (Å²) in [5.41, 5.74) is 1.08. The number of aliphatic hydroxyl groups excluding tert-OH is 1. The molecule has 2 fully saturated rings. The highest BCUT2D eigenvalue weighted by Crippen LogP contribution is 2.43. The highest BCUT2D eigenvalue weighted by molar-refractivity contribution is 6.46. The summed E-state index contributed by atoms with van der Waals surface area (Å²) in [7, 11) is 1.53. The number of ether oxygens (including phenoxy) is 2. The zero-order chi connectivity index (χ0) is 21.3. The second-order valence-corrected chi connectivity index (χ2v) is 7.77. The molecule has 0 bridgehead atoms. The van der Waals surface area contributed by atoms with Crippen molar-refractivity contribution in [3.63, 3.8) is 0 Å². The first-order valence-corrected chi connectivity index (χ1v) is 10.2. The number of ketones is 1. The number of aliphatic hydroxyl groups is 1. The van der Waals surface area contributed by atoms with E-state index in [1.165, 1.54) is 12.0 Å². The van der Waals surface area contributed by atoms with Gasteiger partial charge in [0.2, 0.25) is 0 Å². The van der Waals surface area contributed by atoms with Crippen molar-refractivity contribution in [2.75, 3.05) is 20.3 Å². The van der Waals surface area contributed by atoms with Gasteiger partial charge in [-0.3, -0.25) is 9.59 Å². The van der Waals surface area contributed by atoms with Crippen molar-refractivity contribution in [3.05, 3.63) is 70.3 Å². The number of nitrogens with zero attached hydrogens (tertiary/aromatic N) is 1. The summed E-state index contributed by atoms with van der Waals surface area (Å²) < 4.78 is 11.2. The van der Waals surface area contributed by atoms with Crippen LogP contribution in [0.15, 0.2) is 54.1 Å². The molecule has 4 rings (SSSR count). The van der Waals surface area contributed by atoms with Crippen LogP contribution in [0.25, 0.3) is 5.76 Å². The lowest BCUT2D eigenvalue weighted by molar-refractivity contribution is -0.140. The summed E-state index contributed by atoms with van der Waals surface area (Å²) in [4.78, 5) is 27.5. The Balaban J connectivity index is 1.86. The van der Waals surface area contributed by atoms with Crippen LogP contribution in [0.3, 0.4) is 0 Å². The van der Waals surface area contributed by atoms with Crippen LogP contribution in [-0.4, -0.2) is 48.1 Å². The molecule has 2 saturated heterocycles. The Bertz CT molecular complexity index is 995. The molecule has 2 heterocycles. The predicted octanol–water partition coefficient (Wildman–Crippen LogP) is 3.95. The maximum absolute atomic E-state index is 13.0. The molecule has 0 spiro atoms. The summed E-state index contributed by atoms with van der Waals surface area (Å²) in [6.07, 6.45) is 1.59.